The smallest absolute Gasteiger partial charge is 0.343 e. The van der Waals surface area contributed by atoms with Crippen LogP contribution in [0.1, 0.15) is 33.2 Å². The van der Waals surface area contributed by atoms with E-state index in [4.69, 9.17) is 9.47 Å². The van der Waals surface area contributed by atoms with Gasteiger partial charge in [0.2, 0.25) is 5.78 Å². The number of allylic oxidation sites excluding steroid dienone is 1. The summed E-state index contributed by atoms with van der Waals surface area (Å²) < 4.78 is 13.4. The van der Waals surface area contributed by atoms with Crippen LogP contribution in [0.25, 0.3) is 17.0 Å². The van der Waals surface area contributed by atoms with Crippen LogP contribution in [0.5, 0.6) is 11.5 Å². The third kappa shape index (κ3) is 3.40. The number of ether oxygens (including phenoxy) is 2. The molecular weight excluding hydrogens is 390 g/mol. The highest BCUT2D eigenvalue weighted by Crippen LogP contribution is 2.36. The zero-order valence-corrected chi connectivity index (χ0v) is 16.9. The largest absolute Gasteiger partial charge is 0.452 e. The molecule has 0 atom stereocenters. The Morgan fingerprint density at radius 2 is 1.81 bits per heavy atom. The highest BCUT2D eigenvalue weighted by molar-refractivity contribution is 6.15. The molecule has 4 aromatic rings. The van der Waals surface area contributed by atoms with E-state index in [1.165, 1.54) is 0 Å². The Labute approximate surface area is 179 Å². The summed E-state index contributed by atoms with van der Waals surface area (Å²) in [6.45, 7) is 2.91. The number of carbonyl (C=O) groups excluding carboxylic acids is 2. The summed E-state index contributed by atoms with van der Waals surface area (Å²) in [6, 6.07) is 21.6. The number of benzene rings is 3. The van der Waals surface area contributed by atoms with Crippen molar-refractivity contribution in [3.8, 4) is 11.5 Å². The van der Waals surface area contributed by atoms with E-state index in [2.05, 4.69) is 17.6 Å². The second-order valence-electron chi connectivity index (χ2n) is 7.24. The SMILES string of the molecule is CCn1cc(C=C2Oc3cc(OC(=O)c4ccccc4)ccc3C2=O)c2ccccc21. The molecule has 5 nitrogen and oxygen atoms in total. The van der Waals surface area contributed by atoms with Crippen molar-refractivity contribution in [3.63, 3.8) is 0 Å². The molecule has 1 aliphatic rings. The fraction of sp³-hybridized carbons (Fsp3) is 0.0769. The number of aromatic nitrogens is 1. The lowest BCUT2D eigenvalue weighted by molar-refractivity contribution is 0.0734. The summed E-state index contributed by atoms with van der Waals surface area (Å²) >= 11 is 0. The van der Waals surface area contributed by atoms with Gasteiger partial charge in [0.25, 0.3) is 0 Å². The Kier molecular flexibility index (Phi) is 4.64. The number of hydrogen-bond donors (Lipinski definition) is 0. The van der Waals surface area contributed by atoms with Crippen molar-refractivity contribution in [1.29, 1.82) is 0 Å². The van der Waals surface area contributed by atoms with Gasteiger partial charge in [-0.05, 0) is 43.3 Å². The standard InChI is InChI=1S/C26H19NO4/c1-2-27-16-18(20-10-6-7-11-22(20)27)14-24-25(28)21-13-12-19(15-23(21)31-24)30-26(29)17-8-4-3-5-9-17/h3-16H,2H2,1H3. The van der Waals surface area contributed by atoms with Gasteiger partial charge in [-0.25, -0.2) is 4.79 Å². The molecule has 0 saturated heterocycles. The molecule has 0 unspecified atom stereocenters. The Morgan fingerprint density at radius 3 is 2.61 bits per heavy atom. The molecule has 0 spiro atoms. The molecule has 152 valence electrons. The molecule has 0 radical (unpaired) electrons. The van der Waals surface area contributed by atoms with Gasteiger partial charge in [-0.3, -0.25) is 4.79 Å². The van der Waals surface area contributed by atoms with Crippen LogP contribution in [0, 0.1) is 0 Å². The number of fused-ring (bicyclic) bond motifs is 2. The first-order valence-electron chi connectivity index (χ1n) is 10.1. The fourth-order valence-corrected chi connectivity index (χ4v) is 3.76. The predicted octanol–water partition coefficient (Wildman–Crippen LogP) is 5.50. The molecule has 0 saturated carbocycles. The molecule has 5 heteroatoms. The molecule has 0 fully saturated rings. The number of nitrogens with zero attached hydrogens (tertiary/aromatic N) is 1. The molecule has 1 aliphatic heterocycles. The van der Waals surface area contributed by atoms with Crippen molar-refractivity contribution >= 4 is 28.7 Å². The minimum absolute atomic E-state index is 0.190. The van der Waals surface area contributed by atoms with Gasteiger partial charge >= 0.3 is 5.97 Å². The minimum atomic E-state index is -0.465. The van der Waals surface area contributed by atoms with Crippen molar-refractivity contribution in [2.24, 2.45) is 0 Å². The molecule has 5 rings (SSSR count). The van der Waals surface area contributed by atoms with E-state index in [-0.39, 0.29) is 11.5 Å². The second kappa shape index (κ2) is 7.61. The average Bonchev–Trinajstić information content (AvgIpc) is 3.31. The minimum Gasteiger partial charge on any atom is -0.452 e. The second-order valence-corrected chi connectivity index (χ2v) is 7.24. The first-order valence-corrected chi connectivity index (χ1v) is 10.1. The van der Waals surface area contributed by atoms with Gasteiger partial charge in [0.05, 0.1) is 11.1 Å². The van der Waals surface area contributed by atoms with Gasteiger partial charge in [0, 0.05) is 35.3 Å². The maximum absolute atomic E-state index is 12.9. The third-order valence-electron chi connectivity index (χ3n) is 5.31. The van der Waals surface area contributed by atoms with Crippen LogP contribution in [0.3, 0.4) is 0 Å². The number of aryl methyl sites for hydroxylation is 1. The highest BCUT2D eigenvalue weighted by atomic mass is 16.5. The number of ketones is 1. The van der Waals surface area contributed by atoms with Crippen molar-refractivity contribution in [2.75, 3.05) is 0 Å². The van der Waals surface area contributed by atoms with E-state index in [1.54, 1.807) is 48.5 Å². The molecule has 0 amide bonds. The average molecular weight is 409 g/mol. The Bertz CT molecular complexity index is 1350. The van der Waals surface area contributed by atoms with Crippen molar-refractivity contribution < 1.29 is 19.1 Å². The normalized spacial score (nSPS) is 14.0. The number of rotatable bonds is 4. The van der Waals surface area contributed by atoms with Crippen LogP contribution in [-0.2, 0) is 6.54 Å². The molecular formula is C26H19NO4. The van der Waals surface area contributed by atoms with Crippen molar-refractivity contribution in [2.45, 2.75) is 13.5 Å². The summed E-state index contributed by atoms with van der Waals surface area (Å²) in [5, 5.41) is 1.06. The summed E-state index contributed by atoms with van der Waals surface area (Å²) in [4.78, 5) is 25.2. The maximum Gasteiger partial charge on any atom is 0.343 e. The van der Waals surface area contributed by atoms with Crippen molar-refractivity contribution in [3.05, 3.63) is 101 Å². The van der Waals surface area contributed by atoms with Crippen LogP contribution >= 0.6 is 0 Å². The summed E-state index contributed by atoms with van der Waals surface area (Å²) in [5.41, 5.74) is 2.93. The zero-order chi connectivity index (χ0) is 21.4. The van der Waals surface area contributed by atoms with Crippen LogP contribution < -0.4 is 9.47 Å². The van der Waals surface area contributed by atoms with Gasteiger partial charge in [0.1, 0.15) is 11.5 Å². The molecule has 2 heterocycles. The molecule has 1 aromatic heterocycles. The number of para-hydroxylation sites is 1. The van der Waals surface area contributed by atoms with Gasteiger partial charge in [0.15, 0.2) is 5.76 Å². The molecule has 0 aliphatic carbocycles. The van der Waals surface area contributed by atoms with Crippen molar-refractivity contribution in [1.82, 2.24) is 4.57 Å². The van der Waals surface area contributed by atoms with E-state index in [0.717, 1.165) is 23.0 Å². The van der Waals surface area contributed by atoms with E-state index in [1.807, 2.05) is 30.5 Å². The number of esters is 1. The van der Waals surface area contributed by atoms with Gasteiger partial charge < -0.3 is 14.0 Å². The zero-order valence-electron chi connectivity index (χ0n) is 16.9. The lowest BCUT2D eigenvalue weighted by atomic mass is 10.1. The van der Waals surface area contributed by atoms with E-state index < -0.39 is 5.97 Å². The predicted molar refractivity (Wildman–Crippen MR) is 118 cm³/mol. The Morgan fingerprint density at radius 1 is 1.03 bits per heavy atom. The first-order chi connectivity index (χ1) is 15.1. The molecule has 31 heavy (non-hydrogen) atoms. The van der Waals surface area contributed by atoms with Crippen LogP contribution in [0.15, 0.2) is 84.8 Å². The van der Waals surface area contributed by atoms with Gasteiger partial charge in [-0.1, -0.05) is 36.4 Å². The number of carbonyl (C=O) groups is 2. The number of hydrogen-bond acceptors (Lipinski definition) is 4. The monoisotopic (exact) mass is 409 g/mol. The van der Waals surface area contributed by atoms with E-state index >= 15 is 0 Å². The third-order valence-corrected chi connectivity index (χ3v) is 5.31. The highest BCUT2D eigenvalue weighted by Gasteiger charge is 2.28. The van der Waals surface area contributed by atoms with Gasteiger partial charge in [-0.2, -0.15) is 0 Å². The van der Waals surface area contributed by atoms with Gasteiger partial charge in [-0.15, -0.1) is 0 Å². The lowest BCUT2D eigenvalue weighted by Crippen LogP contribution is -2.08. The fourth-order valence-electron chi connectivity index (χ4n) is 3.76. The topological polar surface area (TPSA) is 57.5 Å². The molecule has 0 N–H and O–H groups in total. The first kappa shape index (κ1) is 18.9. The number of Topliss-reactive ketones (excluding diaryl/α,β-unsaturated/α-hetero) is 1. The Hall–Kier alpha value is -4.12. The molecule has 0 bridgehead atoms. The lowest BCUT2D eigenvalue weighted by Gasteiger charge is -2.05. The Balaban J connectivity index is 1.43. The maximum atomic E-state index is 12.9. The van der Waals surface area contributed by atoms with E-state index in [9.17, 15) is 9.59 Å². The van der Waals surface area contributed by atoms with Crippen LogP contribution in [0.4, 0.5) is 0 Å². The summed E-state index contributed by atoms with van der Waals surface area (Å²) in [6.07, 6.45) is 3.79. The van der Waals surface area contributed by atoms with E-state index in [0.29, 0.717) is 22.6 Å². The van der Waals surface area contributed by atoms with Crippen LogP contribution in [-0.4, -0.2) is 16.3 Å². The summed E-state index contributed by atoms with van der Waals surface area (Å²) in [5.74, 6) is 0.302. The molecule has 3 aromatic carbocycles. The quantitative estimate of drug-likeness (QED) is 0.254. The van der Waals surface area contributed by atoms with Crippen LogP contribution in [0.2, 0.25) is 0 Å². The summed E-state index contributed by atoms with van der Waals surface area (Å²) in [7, 11) is 0.